The zero-order valence-electron chi connectivity index (χ0n) is 20.5. The van der Waals surface area contributed by atoms with Crippen LogP contribution in [0.25, 0.3) is 10.9 Å². The van der Waals surface area contributed by atoms with Crippen LogP contribution in [-0.4, -0.2) is 59.8 Å². The first-order valence-electron chi connectivity index (χ1n) is 12.7. The minimum Gasteiger partial charge on any atom is -0.497 e. The molecule has 2 aliphatic heterocycles. The fourth-order valence-corrected chi connectivity index (χ4v) is 5.51. The van der Waals surface area contributed by atoms with Crippen molar-refractivity contribution in [3.63, 3.8) is 0 Å². The molecule has 3 aliphatic rings. The summed E-state index contributed by atoms with van der Waals surface area (Å²) in [4.78, 5) is 30.7. The number of likely N-dealkylation sites (tertiary alicyclic amines) is 1. The summed E-state index contributed by atoms with van der Waals surface area (Å²) < 4.78 is 11.0. The summed E-state index contributed by atoms with van der Waals surface area (Å²) in [6.45, 7) is 4.46. The number of piperidine rings is 1. The summed E-state index contributed by atoms with van der Waals surface area (Å²) in [7, 11) is 3.47. The molecule has 4 heterocycles. The largest absolute Gasteiger partial charge is 0.497 e. The number of nitrogens with zero attached hydrogens (tertiary/aromatic N) is 4. The van der Waals surface area contributed by atoms with E-state index in [0.29, 0.717) is 35.4 Å². The Morgan fingerprint density at radius 1 is 1.06 bits per heavy atom. The molecule has 3 aromatic rings. The van der Waals surface area contributed by atoms with Gasteiger partial charge in [0, 0.05) is 58.0 Å². The van der Waals surface area contributed by atoms with Crippen molar-refractivity contribution in [2.45, 2.75) is 57.2 Å². The predicted octanol–water partition coefficient (Wildman–Crippen LogP) is 3.38. The summed E-state index contributed by atoms with van der Waals surface area (Å²) in [6, 6.07) is 8.21. The van der Waals surface area contributed by atoms with E-state index in [9.17, 15) is 4.79 Å². The summed E-state index contributed by atoms with van der Waals surface area (Å²) in [5.74, 6) is 1.82. The van der Waals surface area contributed by atoms with Gasteiger partial charge in [0.25, 0.3) is 5.56 Å². The van der Waals surface area contributed by atoms with Gasteiger partial charge >= 0.3 is 0 Å². The van der Waals surface area contributed by atoms with E-state index in [-0.39, 0.29) is 5.56 Å². The van der Waals surface area contributed by atoms with Crippen molar-refractivity contribution in [3.8, 4) is 5.75 Å². The third kappa shape index (κ3) is 4.52. The van der Waals surface area contributed by atoms with E-state index in [2.05, 4.69) is 26.9 Å². The van der Waals surface area contributed by atoms with Gasteiger partial charge in [0.05, 0.1) is 29.8 Å². The highest BCUT2D eigenvalue weighted by Crippen LogP contribution is 2.43. The molecule has 6 rings (SSSR count). The second-order valence-electron chi connectivity index (χ2n) is 10.1. The van der Waals surface area contributed by atoms with E-state index in [0.717, 1.165) is 81.0 Å². The summed E-state index contributed by atoms with van der Waals surface area (Å²) in [5.41, 5.74) is 5.20. The predicted molar refractivity (Wildman–Crippen MR) is 135 cm³/mol. The molecule has 1 saturated heterocycles. The fourth-order valence-electron chi connectivity index (χ4n) is 5.51. The quantitative estimate of drug-likeness (QED) is 0.585. The van der Waals surface area contributed by atoms with Gasteiger partial charge in [0.15, 0.2) is 0 Å². The van der Waals surface area contributed by atoms with Crippen molar-refractivity contribution in [2.24, 2.45) is 0 Å². The van der Waals surface area contributed by atoms with Crippen LogP contribution in [0, 0.1) is 0 Å². The van der Waals surface area contributed by atoms with Crippen molar-refractivity contribution < 1.29 is 9.47 Å². The van der Waals surface area contributed by atoms with Crippen LogP contribution in [0.1, 0.15) is 54.1 Å². The molecule has 0 spiro atoms. The fraction of sp³-hybridized carbons (Fsp3) is 0.519. The maximum absolute atomic E-state index is 13.1. The lowest BCUT2D eigenvalue weighted by atomic mass is 10.0. The number of ether oxygens (including phenoxy) is 2. The van der Waals surface area contributed by atoms with Crippen molar-refractivity contribution in [1.29, 1.82) is 0 Å². The number of benzene rings is 1. The monoisotopic (exact) mass is 475 g/mol. The number of hydrogen-bond donors (Lipinski definition) is 1. The normalized spacial score (nSPS) is 19.2. The van der Waals surface area contributed by atoms with Gasteiger partial charge in [-0.25, -0.2) is 4.98 Å². The molecule has 1 N–H and O–H groups in total. The maximum Gasteiger partial charge on any atom is 0.260 e. The lowest BCUT2D eigenvalue weighted by molar-refractivity contribution is 0.0385. The van der Waals surface area contributed by atoms with Crippen LogP contribution in [0.3, 0.4) is 0 Å². The summed E-state index contributed by atoms with van der Waals surface area (Å²) in [6.07, 6.45) is 5.63. The number of hydrogen-bond acceptors (Lipinski definition) is 7. The van der Waals surface area contributed by atoms with E-state index in [4.69, 9.17) is 19.4 Å². The van der Waals surface area contributed by atoms with Gasteiger partial charge in [0.1, 0.15) is 5.75 Å². The number of H-pyrrole nitrogens is 1. The summed E-state index contributed by atoms with van der Waals surface area (Å²) in [5, 5.41) is 0.704. The first kappa shape index (κ1) is 22.5. The van der Waals surface area contributed by atoms with Crippen LogP contribution < -0.4 is 15.2 Å². The molecule has 0 bridgehead atoms. The minimum absolute atomic E-state index is 0.0638. The number of aromatic nitrogens is 3. The van der Waals surface area contributed by atoms with Crippen molar-refractivity contribution in [1.82, 2.24) is 19.9 Å². The average molecular weight is 476 g/mol. The Kier molecular flexibility index (Phi) is 5.94. The van der Waals surface area contributed by atoms with Gasteiger partial charge in [0.2, 0.25) is 5.95 Å². The van der Waals surface area contributed by atoms with Gasteiger partial charge in [-0.3, -0.25) is 19.7 Å². The number of rotatable bonds is 6. The maximum atomic E-state index is 13.1. The molecule has 0 unspecified atom stereocenters. The third-order valence-corrected chi connectivity index (χ3v) is 7.71. The smallest absolute Gasteiger partial charge is 0.260 e. The van der Waals surface area contributed by atoms with Crippen LogP contribution in [0.15, 0.2) is 29.1 Å². The molecule has 2 aromatic heterocycles. The second kappa shape index (κ2) is 9.24. The van der Waals surface area contributed by atoms with Crippen molar-refractivity contribution in [2.75, 3.05) is 38.8 Å². The molecular formula is C27H33N5O3. The SMILES string of the molecule is COc1cc(C2CC2)c2c(=O)[nH]c(N3CCc4nc(CN5CCC(OC)CC5)ccc4C3)nc2c1. The Hall–Kier alpha value is -2.97. The topological polar surface area (TPSA) is 83.6 Å². The number of aromatic amines is 1. The van der Waals surface area contributed by atoms with Crippen LogP contribution in [0.4, 0.5) is 5.95 Å². The van der Waals surface area contributed by atoms with Crippen molar-refractivity contribution >= 4 is 16.9 Å². The Bertz CT molecular complexity index is 1290. The first-order chi connectivity index (χ1) is 17.1. The Labute approximate surface area is 205 Å². The molecule has 184 valence electrons. The Balaban J connectivity index is 1.21. The molecule has 0 amide bonds. The third-order valence-electron chi connectivity index (χ3n) is 7.71. The molecule has 0 radical (unpaired) electrons. The van der Waals surface area contributed by atoms with E-state index in [1.54, 1.807) is 14.2 Å². The highest BCUT2D eigenvalue weighted by atomic mass is 16.5. The number of pyridine rings is 1. The number of anilines is 1. The number of nitrogens with one attached hydrogen (secondary N) is 1. The molecule has 2 fully saturated rings. The highest BCUT2D eigenvalue weighted by Gasteiger charge is 2.29. The molecule has 8 heteroatoms. The van der Waals surface area contributed by atoms with E-state index in [1.807, 2.05) is 12.1 Å². The molecular weight excluding hydrogens is 442 g/mol. The first-order valence-corrected chi connectivity index (χ1v) is 12.7. The van der Waals surface area contributed by atoms with Gasteiger partial charge in [-0.2, -0.15) is 0 Å². The summed E-state index contributed by atoms with van der Waals surface area (Å²) >= 11 is 0. The second-order valence-corrected chi connectivity index (χ2v) is 10.1. The van der Waals surface area contributed by atoms with Gasteiger partial charge in [-0.05, 0) is 54.9 Å². The molecule has 1 aromatic carbocycles. The van der Waals surface area contributed by atoms with E-state index < -0.39 is 0 Å². The molecule has 1 aliphatic carbocycles. The molecule has 0 atom stereocenters. The van der Waals surface area contributed by atoms with Gasteiger partial charge < -0.3 is 14.4 Å². The lowest BCUT2D eigenvalue weighted by Gasteiger charge is -2.32. The van der Waals surface area contributed by atoms with E-state index >= 15 is 0 Å². The molecule has 8 nitrogen and oxygen atoms in total. The Morgan fingerprint density at radius 3 is 2.63 bits per heavy atom. The number of methoxy groups -OCH3 is 2. The van der Waals surface area contributed by atoms with Gasteiger partial charge in [-0.1, -0.05) is 6.07 Å². The standard InChI is InChI=1S/C27H33N5O3/c1-34-20-7-10-31(11-8-20)16-19-6-5-18-15-32(12-9-23(18)28-19)27-29-24-14-21(35-2)13-22(17-3-4-17)25(24)26(33)30-27/h5-6,13-14,17,20H,3-4,7-12,15-16H2,1-2H3,(H,29,30,33). The van der Waals surface area contributed by atoms with Crippen LogP contribution in [-0.2, 0) is 24.2 Å². The molecule has 35 heavy (non-hydrogen) atoms. The average Bonchev–Trinajstić information content (AvgIpc) is 3.73. The lowest BCUT2D eigenvalue weighted by Crippen LogP contribution is -2.37. The van der Waals surface area contributed by atoms with Crippen molar-refractivity contribution in [3.05, 3.63) is 57.1 Å². The van der Waals surface area contributed by atoms with Crippen LogP contribution in [0.5, 0.6) is 5.75 Å². The minimum atomic E-state index is -0.0638. The molecule has 1 saturated carbocycles. The number of fused-ring (bicyclic) bond motifs is 2. The van der Waals surface area contributed by atoms with Crippen LogP contribution in [0.2, 0.25) is 0 Å². The van der Waals surface area contributed by atoms with Gasteiger partial charge in [-0.15, -0.1) is 0 Å². The van der Waals surface area contributed by atoms with E-state index in [1.165, 1.54) is 5.56 Å². The highest BCUT2D eigenvalue weighted by molar-refractivity contribution is 5.85. The zero-order valence-corrected chi connectivity index (χ0v) is 20.5. The zero-order chi connectivity index (χ0) is 23.9. The van der Waals surface area contributed by atoms with Crippen LogP contribution >= 0.6 is 0 Å². The Morgan fingerprint density at radius 2 is 1.89 bits per heavy atom.